The van der Waals surface area contributed by atoms with Crippen LogP contribution in [-0.2, 0) is 11.2 Å². The number of nitrogens with zero attached hydrogens (tertiary/aromatic N) is 4. The molecule has 1 N–H and O–H groups in total. The van der Waals surface area contributed by atoms with E-state index in [4.69, 9.17) is 4.42 Å². The average molecular weight is 401 g/mol. The summed E-state index contributed by atoms with van der Waals surface area (Å²) >= 11 is 0. The Kier molecular flexibility index (Phi) is 5.70. The number of carbonyl (C=O) groups excluding carboxylic acids is 1. The number of nitrogens with one attached hydrogen (secondary N) is 1. The first-order chi connectivity index (χ1) is 14.6. The number of carbonyl (C=O) groups is 1. The maximum Gasteiger partial charge on any atom is 0.220 e. The number of amides is 1. The first kappa shape index (κ1) is 19.6. The van der Waals surface area contributed by atoms with Crippen molar-refractivity contribution in [3.05, 3.63) is 84.4 Å². The molecule has 0 spiro atoms. The molecule has 0 aliphatic carbocycles. The van der Waals surface area contributed by atoms with Crippen LogP contribution >= 0.6 is 0 Å². The molecule has 0 bridgehead atoms. The highest BCUT2D eigenvalue weighted by Crippen LogP contribution is 2.21. The number of aromatic nitrogens is 4. The van der Waals surface area contributed by atoms with Gasteiger partial charge in [-0.05, 0) is 31.5 Å². The molecule has 0 aliphatic rings. The van der Waals surface area contributed by atoms with E-state index in [1.807, 2.05) is 62.4 Å². The van der Waals surface area contributed by atoms with Crippen LogP contribution in [0.4, 0.5) is 0 Å². The van der Waals surface area contributed by atoms with Gasteiger partial charge in [0.05, 0.1) is 17.9 Å². The lowest BCUT2D eigenvalue weighted by molar-refractivity contribution is -0.121. The molecule has 1 amide bonds. The van der Waals surface area contributed by atoms with Crippen molar-refractivity contribution in [3.63, 3.8) is 0 Å². The van der Waals surface area contributed by atoms with E-state index in [0.717, 1.165) is 16.8 Å². The number of oxazole rings is 1. The number of hydrogen-bond acceptors (Lipinski definition) is 5. The quantitative estimate of drug-likeness (QED) is 0.505. The average Bonchev–Trinajstić information content (AvgIpc) is 3.45. The number of benzene rings is 2. The van der Waals surface area contributed by atoms with E-state index in [1.165, 1.54) is 11.9 Å². The highest BCUT2D eigenvalue weighted by atomic mass is 16.4. The third-order valence-corrected chi connectivity index (χ3v) is 4.91. The van der Waals surface area contributed by atoms with E-state index >= 15 is 0 Å². The van der Waals surface area contributed by atoms with E-state index in [0.29, 0.717) is 24.5 Å². The minimum atomic E-state index is -0.102. The molecule has 0 aliphatic heterocycles. The molecular formula is C23H23N5O2. The molecular weight excluding hydrogens is 378 g/mol. The Labute approximate surface area is 174 Å². The van der Waals surface area contributed by atoms with Crippen molar-refractivity contribution in [1.29, 1.82) is 0 Å². The molecule has 0 radical (unpaired) electrons. The summed E-state index contributed by atoms with van der Waals surface area (Å²) in [5.41, 5.74) is 4.11. The van der Waals surface area contributed by atoms with E-state index in [1.54, 1.807) is 17.2 Å². The Hall–Kier alpha value is -3.74. The molecule has 0 fully saturated rings. The van der Waals surface area contributed by atoms with Crippen molar-refractivity contribution in [2.75, 3.05) is 0 Å². The molecule has 4 aromatic rings. The van der Waals surface area contributed by atoms with Gasteiger partial charge in [0.25, 0.3) is 0 Å². The van der Waals surface area contributed by atoms with Gasteiger partial charge >= 0.3 is 0 Å². The molecule has 0 saturated heterocycles. The third-order valence-electron chi connectivity index (χ3n) is 4.91. The Morgan fingerprint density at radius 2 is 1.90 bits per heavy atom. The molecule has 152 valence electrons. The zero-order chi connectivity index (χ0) is 20.9. The van der Waals surface area contributed by atoms with Crippen molar-refractivity contribution < 1.29 is 9.21 Å². The first-order valence-corrected chi connectivity index (χ1v) is 9.84. The van der Waals surface area contributed by atoms with Crippen LogP contribution in [0.25, 0.3) is 17.0 Å². The fourth-order valence-corrected chi connectivity index (χ4v) is 3.15. The second kappa shape index (κ2) is 8.73. The molecule has 2 heterocycles. The molecule has 0 saturated carbocycles. The minimum Gasteiger partial charge on any atom is -0.441 e. The molecule has 7 heteroatoms. The summed E-state index contributed by atoms with van der Waals surface area (Å²) < 4.78 is 7.48. The second-order valence-corrected chi connectivity index (χ2v) is 7.21. The van der Waals surface area contributed by atoms with Crippen LogP contribution in [0.3, 0.4) is 0 Å². The standard InChI is InChI=1S/C23H23N5O2/c1-16-3-5-19(6-4-16)21-13-25-23(30-21)12-11-22(29)27-17(2)18-7-9-20(10-8-18)28-15-24-14-26-28/h3-10,13-15,17H,11-12H2,1-2H3,(H,27,29). The van der Waals surface area contributed by atoms with Crippen molar-refractivity contribution in [3.8, 4) is 17.0 Å². The monoisotopic (exact) mass is 401 g/mol. The lowest BCUT2D eigenvalue weighted by Crippen LogP contribution is -2.26. The molecule has 7 nitrogen and oxygen atoms in total. The van der Waals surface area contributed by atoms with Crippen molar-refractivity contribution >= 4 is 5.91 Å². The van der Waals surface area contributed by atoms with Crippen LogP contribution in [0.15, 0.2) is 71.8 Å². The maximum atomic E-state index is 12.4. The van der Waals surface area contributed by atoms with E-state index in [9.17, 15) is 4.79 Å². The van der Waals surface area contributed by atoms with Gasteiger partial charge in [0.2, 0.25) is 5.91 Å². The Morgan fingerprint density at radius 3 is 2.60 bits per heavy atom. The number of hydrogen-bond donors (Lipinski definition) is 1. The fourth-order valence-electron chi connectivity index (χ4n) is 3.15. The lowest BCUT2D eigenvalue weighted by atomic mass is 10.1. The van der Waals surface area contributed by atoms with Gasteiger partial charge in [-0.25, -0.2) is 14.6 Å². The van der Waals surface area contributed by atoms with Crippen LogP contribution in [0.2, 0.25) is 0 Å². The Balaban J connectivity index is 1.30. The van der Waals surface area contributed by atoms with Crippen molar-refractivity contribution in [2.45, 2.75) is 32.7 Å². The summed E-state index contributed by atoms with van der Waals surface area (Å²) in [5, 5.41) is 7.13. The summed E-state index contributed by atoms with van der Waals surface area (Å²) in [4.78, 5) is 20.6. The first-order valence-electron chi connectivity index (χ1n) is 9.84. The Morgan fingerprint density at radius 1 is 1.13 bits per heavy atom. The van der Waals surface area contributed by atoms with E-state index in [-0.39, 0.29) is 11.9 Å². The summed E-state index contributed by atoms with van der Waals surface area (Å²) in [6.07, 6.45) is 5.61. The predicted octanol–water partition coefficient (Wildman–Crippen LogP) is 4.04. The van der Waals surface area contributed by atoms with Gasteiger partial charge in [-0.1, -0.05) is 42.0 Å². The van der Waals surface area contributed by atoms with Gasteiger partial charge in [0.1, 0.15) is 12.7 Å². The normalized spacial score (nSPS) is 11.9. The predicted molar refractivity (Wildman–Crippen MR) is 113 cm³/mol. The second-order valence-electron chi connectivity index (χ2n) is 7.21. The molecule has 30 heavy (non-hydrogen) atoms. The van der Waals surface area contributed by atoms with E-state index < -0.39 is 0 Å². The van der Waals surface area contributed by atoms with Crippen LogP contribution in [0.1, 0.15) is 36.4 Å². The highest BCUT2D eigenvalue weighted by Gasteiger charge is 2.12. The molecule has 2 aromatic carbocycles. The number of aryl methyl sites for hydroxylation is 2. The van der Waals surface area contributed by atoms with Gasteiger partial charge in [-0.2, -0.15) is 5.10 Å². The van der Waals surface area contributed by atoms with Crippen molar-refractivity contribution in [1.82, 2.24) is 25.1 Å². The third kappa shape index (κ3) is 4.63. The van der Waals surface area contributed by atoms with Gasteiger partial charge in [-0.3, -0.25) is 4.79 Å². The fraction of sp³-hybridized carbons (Fsp3) is 0.217. The molecule has 4 rings (SSSR count). The zero-order valence-electron chi connectivity index (χ0n) is 16.9. The Bertz CT molecular complexity index is 1100. The smallest absolute Gasteiger partial charge is 0.220 e. The van der Waals surface area contributed by atoms with E-state index in [2.05, 4.69) is 20.4 Å². The molecule has 1 unspecified atom stereocenters. The van der Waals surface area contributed by atoms with Gasteiger partial charge < -0.3 is 9.73 Å². The molecule has 1 atom stereocenters. The van der Waals surface area contributed by atoms with Gasteiger partial charge in [-0.15, -0.1) is 0 Å². The SMILES string of the molecule is Cc1ccc(-c2cnc(CCC(=O)NC(C)c3ccc(-n4cncn4)cc3)o2)cc1. The lowest BCUT2D eigenvalue weighted by Gasteiger charge is -2.14. The van der Waals surface area contributed by atoms with Gasteiger partial charge in [0, 0.05) is 18.4 Å². The summed E-state index contributed by atoms with van der Waals surface area (Å²) in [7, 11) is 0. The van der Waals surface area contributed by atoms with Crippen LogP contribution in [-0.4, -0.2) is 25.7 Å². The van der Waals surface area contributed by atoms with Crippen molar-refractivity contribution in [2.24, 2.45) is 0 Å². The number of rotatable bonds is 7. The summed E-state index contributed by atoms with van der Waals surface area (Å²) in [6.45, 7) is 4.00. The largest absolute Gasteiger partial charge is 0.441 e. The topological polar surface area (TPSA) is 85.8 Å². The summed E-state index contributed by atoms with van der Waals surface area (Å²) in [5.74, 6) is 1.23. The highest BCUT2D eigenvalue weighted by molar-refractivity contribution is 5.76. The van der Waals surface area contributed by atoms with Crippen LogP contribution in [0.5, 0.6) is 0 Å². The zero-order valence-corrected chi connectivity index (χ0v) is 16.9. The van der Waals surface area contributed by atoms with Gasteiger partial charge in [0.15, 0.2) is 11.7 Å². The van der Waals surface area contributed by atoms with Crippen LogP contribution < -0.4 is 5.32 Å². The minimum absolute atomic E-state index is 0.0436. The summed E-state index contributed by atoms with van der Waals surface area (Å²) in [6, 6.07) is 15.8. The maximum absolute atomic E-state index is 12.4. The van der Waals surface area contributed by atoms with Crippen LogP contribution in [0, 0.1) is 6.92 Å². The molecule has 2 aromatic heterocycles.